The summed E-state index contributed by atoms with van der Waals surface area (Å²) in [6, 6.07) is 2.52. The molecule has 2 aromatic heterocycles. The van der Waals surface area contributed by atoms with Gasteiger partial charge in [0, 0.05) is 18.0 Å². The Kier molecular flexibility index (Phi) is 5.58. The van der Waals surface area contributed by atoms with Crippen LogP contribution in [0.15, 0.2) is 22.3 Å². The van der Waals surface area contributed by atoms with E-state index in [0.717, 1.165) is 5.69 Å². The molecular formula is C14H16N4O4S. The van der Waals surface area contributed by atoms with Crippen molar-refractivity contribution in [2.75, 3.05) is 11.9 Å². The van der Waals surface area contributed by atoms with Crippen LogP contribution in [0.5, 0.6) is 0 Å². The lowest BCUT2D eigenvalue weighted by Gasteiger charge is -2.06. The highest BCUT2D eigenvalue weighted by atomic mass is 32.1. The molecule has 0 spiro atoms. The number of amides is 1. The van der Waals surface area contributed by atoms with E-state index in [1.54, 1.807) is 5.38 Å². The van der Waals surface area contributed by atoms with Crippen molar-refractivity contribution in [1.82, 2.24) is 14.8 Å². The maximum atomic E-state index is 11.9. The first-order valence-electron chi connectivity index (χ1n) is 6.97. The van der Waals surface area contributed by atoms with Crippen molar-refractivity contribution in [3.05, 3.63) is 39.3 Å². The number of ether oxygens (including phenoxy) is 1. The van der Waals surface area contributed by atoms with Gasteiger partial charge >= 0.3 is 5.97 Å². The van der Waals surface area contributed by atoms with Crippen LogP contribution in [0.1, 0.15) is 29.5 Å². The first kappa shape index (κ1) is 16.8. The highest BCUT2D eigenvalue weighted by Gasteiger charge is 2.14. The summed E-state index contributed by atoms with van der Waals surface area (Å²) in [7, 11) is 0. The number of carbonyl (C=O) groups excluding carboxylic acids is 2. The summed E-state index contributed by atoms with van der Waals surface area (Å²) in [4.78, 5) is 39.2. The van der Waals surface area contributed by atoms with Gasteiger partial charge in [0.1, 0.15) is 0 Å². The van der Waals surface area contributed by atoms with Gasteiger partial charge < -0.3 is 4.74 Å². The molecule has 0 unspecified atom stereocenters. The minimum Gasteiger partial charge on any atom is -0.451 e. The fraction of sp³-hybridized carbons (Fsp3) is 0.357. The Balaban J connectivity index is 1.92. The second-order valence-electron chi connectivity index (χ2n) is 4.70. The molecule has 0 fully saturated rings. The molecule has 0 aliphatic carbocycles. The Morgan fingerprint density at radius 2 is 2.17 bits per heavy atom. The largest absolute Gasteiger partial charge is 0.451 e. The van der Waals surface area contributed by atoms with Gasteiger partial charge in [0.15, 0.2) is 17.4 Å². The van der Waals surface area contributed by atoms with E-state index >= 15 is 0 Å². The molecule has 0 saturated heterocycles. The summed E-state index contributed by atoms with van der Waals surface area (Å²) < 4.78 is 6.08. The Morgan fingerprint density at radius 3 is 2.83 bits per heavy atom. The van der Waals surface area contributed by atoms with Crippen molar-refractivity contribution in [2.45, 2.75) is 26.8 Å². The monoisotopic (exact) mass is 336 g/mol. The number of aryl methyl sites for hydroxylation is 2. The molecule has 23 heavy (non-hydrogen) atoms. The van der Waals surface area contributed by atoms with Gasteiger partial charge in [0.25, 0.3) is 11.5 Å². The summed E-state index contributed by atoms with van der Waals surface area (Å²) >= 11 is 1.28. The number of esters is 1. The van der Waals surface area contributed by atoms with E-state index in [0.29, 0.717) is 18.1 Å². The van der Waals surface area contributed by atoms with Crippen LogP contribution in [0.2, 0.25) is 0 Å². The Labute approximate surface area is 136 Å². The van der Waals surface area contributed by atoms with Gasteiger partial charge in [-0.1, -0.05) is 6.92 Å². The number of thiazole rings is 1. The van der Waals surface area contributed by atoms with Gasteiger partial charge in [-0.05, 0) is 19.4 Å². The SMILES string of the molecule is CCCn1nc(C(=O)OCC(=O)Nc2nc(C)cs2)ccc1=O. The third-order valence-corrected chi connectivity index (χ3v) is 3.59. The first-order valence-corrected chi connectivity index (χ1v) is 7.85. The van der Waals surface area contributed by atoms with E-state index in [2.05, 4.69) is 15.4 Å². The average molecular weight is 336 g/mol. The van der Waals surface area contributed by atoms with E-state index in [1.807, 2.05) is 13.8 Å². The zero-order valence-electron chi connectivity index (χ0n) is 12.7. The topological polar surface area (TPSA) is 103 Å². The summed E-state index contributed by atoms with van der Waals surface area (Å²) in [6.07, 6.45) is 0.709. The number of nitrogens with zero attached hydrogens (tertiary/aromatic N) is 3. The number of hydrogen-bond acceptors (Lipinski definition) is 7. The number of nitrogens with one attached hydrogen (secondary N) is 1. The van der Waals surface area contributed by atoms with Crippen molar-refractivity contribution < 1.29 is 14.3 Å². The lowest BCUT2D eigenvalue weighted by Crippen LogP contribution is -2.26. The normalized spacial score (nSPS) is 10.3. The quantitative estimate of drug-likeness (QED) is 0.795. The van der Waals surface area contributed by atoms with Gasteiger partial charge in [-0.25, -0.2) is 14.5 Å². The smallest absolute Gasteiger partial charge is 0.359 e. The third kappa shape index (κ3) is 4.71. The van der Waals surface area contributed by atoms with Gasteiger partial charge in [0.05, 0.1) is 5.69 Å². The van der Waals surface area contributed by atoms with Crippen LogP contribution in [0.3, 0.4) is 0 Å². The van der Waals surface area contributed by atoms with E-state index in [9.17, 15) is 14.4 Å². The van der Waals surface area contributed by atoms with Crippen LogP contribution < -0.4 is 10.9 Å². The molecule has 8 nitrogen and oxygen atoms in total. The maximum absolute atomic E-state index is 11.9. The van der Waals surface area contributed by atoms with Crippen LogP contribution in [-0.2, 0) is 16.1 Å². The van der Waals surface area contributed by atoms with Crippen molar-refractivity contribution >= 4 is 28.3 Å². The van der Waals surface area contributed by atoms with Crippen LogP contribution >= 0.6 is 11.3 Å². The molecule has 2 aromatic rings. The average Bonchev–Trinajstić information content (AvgIpc) is 2.92. The summed E-state index contributed by atoms with van der Waals surface area (Å²) in [5, 5.41) is 8.68. The van der Waals surface area contributed by atoms with Gasteiger partial charge in [0.2, 0.25) is 0 Å². The van der Waals surface area contributed by atoms with E-state index < -0.39 is 18.5 Å². The highest BCUT2D eigenvalue weighted by Crippen LogP contribution is 2.13. The predicted molar refractivity (Wildman–Crippen MR) is 84.6 cm³/mol. The number of anilines is 1. The molecule has 0 radical (unpaired) electrons. The minimum atomic E-state index is -0.764. The van der Waals surface area contributed by atoms with E-state index in [1.165, 1.54) is 28.2 Å². The molecule has 0 aliphatic heterocycles. The van der Waals surface area contributed by atoms with Gasteiger partial charge in [-0.2, -0.15) is 5.10 Å². The maximum Gasteiger partial charge on any atom is 0.359 e. The Hall–Kier alpha value is -2.55. The van der Waals surface area contributed by atoms with Crippen LogP contribution in [0.25, 0.3) is 0 Å². The number of hydrogen-bond donors (Lipinski definition) is 1. The fourth-order valence-electron chi connectivity index (χ4n) is 1.70. The number of aromatic nitrogens is 3. The first-order chi connectivity index (χ1) is 11.0. The summed E-state index contributed by atoms with van der Waals surface area (Å²) in [6.45, 7) is 3.66. The third-order valence-electron chi connectivity index (χ3n) is 2.71. The number of carbonyl (C=O) groups is 2. The van der Waals surface area contributed by atoms with Crippen molar-refractivity contribution in [2.24, 2.45) is 0 Å². The molecule has 0 atom stereocenters. The van der Waals surface area contributed by atoms with Crippen LogP contribution in [0.4, 0.5) is 5.13 Å². The second kappa shape index (κ2) is 7.63. The number of rotatable bonds is 6. The molecule has 1 N–H and O–H groups in total. The molecule has 2 heterocycles. The van der Waals surface area contributed by atoms with Crippen LogP contribution in [-0.4, -0.2) is 33.2 Å². The van der Waals surface area contributed by atoms with Crippen molar-refractivity contribution in [3.8, 4) is 0 Å². The lowest BCUT2D eigenvalue weighted by molar-refractivity contribution is -0.119. The van der Waals surface area contributed by atoms with Crippen molar-refractivity contribution in [3.63, 3.8) is 0 Å². The minimum absolute atomic E-state index is 0.0176. The summed E-state index contributed by atoms with van der Waals surface area (Å²) in [5.41, 5.74) is 0.487. The highest BCUT2D eigenvalue weighted by molar-refractivity contribution is 7.13. The molecular weight excluding hydrogens is 320 g/mol. The standard InChI is InChI=1S/C14H16N4O4S/c1-3-6-18-12(20)5-4-10(17-18)13(21)22-7-11(19)16-14-15-9(2)8-23-14/h4-5,8H,3,6-7H2,1-2H3,(H,15,16,19). The zero-order chi connectivity index (χ0) is 16.8. The van der Waals surface area contributed by atoms with Gasteiger partial charge in [-0.15, -0.1) is 11.3 Å². The van der Waals surface area contributed by atoms with E-state index in [4.69, 9.17) is 4.74 Å². The molecule has 9 heteroatoms. The van der Waals surface area contributed by atoms with Crippen LogP contribution in [0, 0.1) is 6.92 Å². The molecule has 0 aromatic carbocycles. The fourth-order valence-corrected chi connectivity index (χ4v) is 2.41. The zero-order valence-corrected chi connectivity index (χ0v) is 13.6. The Bertz CT molecular complexity index is 768. The molecule has 122 valence electrons. The second-order valence-corrected chi connectivity index (χ2v) is 5.56. The molecule has 0 aliphatic rings. The van der Waals surface area contributed by atoms with E-state index in [-0.39, 0.29) is 11.3 Å². The lowest BCUT2D eigenvalue weighted by atomic mass is 10.4. The Morgan fingerprint density at radius 1 is 1.39 bits per heavy atom. The van der Waals surface area contributed by atoms with Crippen molar-refractivity contribution in [1.29, 1.82) is 0 Å². The summed E-state index contributed by atoms with van der Waals surface area (Å²) in [5.74, 6) is -1.25. The molecule has 0 bridgehead atoms. The molecule has 1 amide bonds. The molecule has 0 saturated carbocycles. The van der Waals surface area contributed by atoms with Gasteiger partial charge in [-0.3, -0.25) is 14.9 Å². The predicted octanol–water partition coefficient (Wildman–Crippen LogP) is 1.21. The molecule has 2 rings (SSSR count).